The van der Waals surface area contributed by atoms with Crippen molar-refractivity contribution in [1.82, 2.24) is 0 Å². The summed E-state index contributed by atoms with van der Waals surface area (Å²) in [5, 5.41) is 0.837. The van der Waals surface area contributed by atoms with Crippen LogP contribution in [0.25, 0.3) is 11.0 Å². The van der Waals surface area contributed by atoms with Gasteiger partial charge in [-0.3, -0.25) is 0 Å². The molecular weight excluding hydrogens is 187 g/mol. The Kier molecular flexibility index (Phi) is 2.27. The van der Waals surface area contributed by atoms with Gasteiger partial charge in [0.2, 0.25) is 0 Å². The Morgan fingerprint density at radius 1 is 1.38 bits per heavy atom. The third kappa shape index (κ3) is 1.70. The van der Waals surface area contributed by atoms with Crippen LogP contribution in [0.5, 0.6) is 0 Å². The van der Waals surface area contributed by atoms with Gasteiger partial charge in [-0.25, -0.2) is 4.39 Å². The van der Waals surface area contributed by atoms with Crippen LogP contribution in [-0.2, 0) is 5.75 Å². The summed E-state index contributed by atoms with van der Waals surface area (Å²) in [7, 11) is 0. The molecule has 1 aromatic carbocycles. The van der Waals surface area contributed by atoms with Gasteiger partial charge in [0.05, 0.1) is 5.75 Å². The van der Waals surface area contributed by atoms with E-state index in [0.29, 0.717) is 0 Å². The highest BCUT2D eigenvalue weighted by molar-refractivity contribution is 7.97. The molecule has 0 atom stereocenters. The highest BCUT2D eigenvalue weighted by Crippen LogP contribution is 2.22. The molecule has 3 heteroatoms. The largest absolute Gasteiger partial charge is 0.460 e. The Morgan fingerprint density at radius 3 is 3.00 bits per heavy atom. The Bertz CT molecular complexity index is 422. The molecule has 0 unspecified atom stereocenters. The molecular formula is C10H9FOS. The molecule has 68 valence electrons. The second kappa shape index (κ2) is 3.42. The second-order valence-corrected chi connectivity index (χ2v) is 3.69. The zero-order valence-corrected chi connectivity index (χ0v) is 8.03. The lowest BCUT2D eigenvalue weighted by Crippen LogP contribution is -1.69. The Hall–Kier alpha value is -0.960. The molecule has 2 rings (SSSR count). The number of rotatable bonds is 2. The molecule has 0 fully saturated rings. The van der Waals surface area contributed by atoms with Crippen molar-refractivity contribution < 1.29 is 8.81 Å². The van der Waals surface area contributed by atoms with Gasteiger partial charge >= 0.3 is 0 Å². The van der Waals surface area contributed by atoms with Crippen LogP contribution in [-0.4, -0.2) is 6.26 Å². The van der Waals surface area contributed by atoms with Crippen molar-refractivity contribution in [2.45, 2.75) is 5.75 Å². The number of thioether (sulfide) groups is 1. The fourth-order valence-corrected chi connectivity index (χ4v) is 1.71. The molecule has 0 radical (unpaired) electrons. The van der Waals surface area contributed by atoms with Crippen molar-refractivity contribution in [3.8, 4) is 0 Å². The van der Waals surface area contributed by atoms with Crippen molar-refractivity contribution in [1.29, 1.82) is 0 Å². The highest BCUT2D eigenvalue weighted by Gasteiger charge is 2.03. The minimum atomic E-state index is -0.219. The SMILES string of the molecule is CSCc1cc2cc(F)ccc2o1. The van der Waals surface area contributed by atoms with Crippen LogP contribution in [0.4, 0.5) is 4.39 Å². The molecule has 0 saturated carbocycles. The van der Waals surface area contributed by atoms with Gasteiger partial charge in [0.15, 0.2) is 0 Å². The smallest absolute Gasteiger partial charge is 0.134 e. The molecule has 0 aliphatic carbocycles. The van der Waals surface area contributed by atoms with Crippen molar-refractivity contribution >= 4 is 22.7 Å². The van der Waals surface area contributed by atoms with E-state index in [1.54, 1.807) is 17.8 Å². The molecule has 0 spiro atoms. The predicted octanol–water partition coefficient (Wildman–Crippen LogP) is 3.43. The van der Waals surface area contributed by atoms with Gasteiger partial charge in [0, 0.05) is 5.39 Å². The lowest BCUT2D eigenvalue weighted by molar-refractivity contribution is 0.572. The van der Waals surface area contributed by atoms with E-state index in [-0.39, 0.29) is 5.82 Å². The monoisotopic (exact) mass is 196 g/mol. The number of benzene rings is 1. The van der Waals surface area contributed by atoms with Crippen molar-refractivity contribution in [2.75, 3.05) is 6.26 Å². The fourth-order valence-electron chi connectivity index (χ4n) is 1.28. The van der Waals surface area contributed by atoms with Gasteiger partial charge in [-0.05, 0) is 30.5 Å². The minimum Gasteiger partial charge on any atom is -0.460 e. The first-order chi connectivity index (χ1) is 6.29. The van der Waals surface area contributed by atoms with Crippen LogP contribution in [0.15, 0.2) is 28.7 Å². The molecule has 0 aliphatic heterocycles. The second-order valence-electron chi connectivity index (χ2n) is 2.83. The lowest BCUT2D eigenvalue weighted by atomic mass is 10.2. The van der Waals surface area contributed by atoms with Gasteiger partial charge in [-0.2, -0.15) is 11.8 Å². The van der Waals surface area contributed by atoms with Crippen LogP contribution in [0.2, 0.25) is 0 Å². The number of halogens is 1. The van der Waals surface area contributed by atoms with E-state index in [9.17, 15) is 4.39 Å². The van der Waals surface area contributed by atoms with Crippen LogP contribution in [0.3, 0.4) is 0 Å². The van der Waals surface area contributed by atoms with Crippen molar-refractivity contribution in [3.05, 3.63) is 35.8 Å². The van der Waals surface area contributed by atoms with E-state index in [0.717, 1.165) is 22.5 Å². The first-order valence-electron chi connectivity index (χ1n) is 3.96. The predicted molar refractivity (Wildman–Crippen MR) is 53.4 cm³/mol. The summed E-state index contributed by atoms with van der Waals surface area (Å²) in [4.78, 5) is 0. The first-order valence-corrected chi connectivity index (χ1v) is 5.36. The van der Waals surface area contributed by atoms with E-state index in [4.69, 9.17) is 4.42 Å². The number of hydrogen-bond acceptors (Lipinski definition) is 2. The van der Waals surface area contributed by atoms with Gasteiger partial charge in [-0.1, -0.05) is 0 Å². The normalized spacial score (nSPS) is 10.9. The molecule has 2 aromatic rings. The van der Waals surface area contributed by atoms with E-state index >= 15 is 0 Å². The average molecular weight is 196 g/mol. The third-order valence-corrected chi connectivity index (χ3v) is 2.39. The zero-order chi connectivity index (χ0) is 9.26. The maximum Gasteiger partial charge on any atom is 0.134 e. The quantitative estimate of drug-likeness (QED) is 0.730. The van der Waals surface area contributed by atoms with E-state index < -0.39 is 0 Å². The average Bonchev–Trinajstić information content (AvgIpc) is 2.46. The first kappa shape index (κ1) is 8.63. The van der Waals surface area contributed by atoms with Crippen molar-refractivity contribution in [3.63, 3.8) is 0 Å². The summed E-state index contributed by atoms with van der Waals surface area (Å²) in [6.45, 7) is 0. The lowest BCUT2D eigenvalue weighted by Gasteiger charge is -1.88. The van der Waals surface area contributed by atoms with Crippen LogP contribution < -0.4 is 0 Å². The number of furan rings is 1. The summed E-state index contributed by atoms with van der Waals surface area (Å²) in [5.74, 6) is 1.51. The van der Waals surface area contributed by atoms with E-state index in [1.807, 2.05) is 12.3 Å². The van der Waals surface area contributed by atoms with E-state index in [2.05, 4.69) is 0 Å². The number of fused-ring (bicyclic) bond motifs is 1. The summed E-state index contributed by atoms with van der Waals surface area (Å²) in [5.41, 5.74) is 0.755. The Balaban J connectivity index is 2.49. The minimum absolute atomic E-state index is 0.219. The fraction of sp³-hybridized carbons (Fsp3) is 0.200. The number of hydrogen-bond donors (Lipinski definition) is 0. The maximum atomic E-state index is 12.8. The molecule has 1 nitrogen and oxygen atoms in total. The molecule has 0 N–H and O–H groups in total. The maximum absolute atomic E-state index is 12.8. The van der Waals surface area contributed by atoms with Gasteiger partial charge < -0.3 is 4.42 Å². The molecule has 13 heavy (non-hydrogen) atoms. The Morgan fingerprint density at radius 2 is 2.23 bits per heavy atom. The Labute approximate surface area is 79.9 Å². The topological polar surface area (TPSA) is 13.1 Å². The third-order valence-electron chi connectivity index (χ3n) is 1.82. The van der Waals surface area contributed by atoms with Gasteiger partial charge in [0.25, 0.3) is 0 Å². The zero-order valence-electron chi connectivity index (χ0n) is 7.21. The highest BCUT2D eigenvalue weighted by atomic mass is 32.2. The van der Waals surface area contributed by atoms with Crippen LogP contribution >= 0.6 is 11.8 Å². The summed E-state index contributed by atoms with van der Waals surface area (Å²) in [6, 6.07) is 6.45. The molecule has 0 bridgehead atoms. The van der Waals surface area contributed by atoms with Crippen LogP contribution in [0, 0.1) is 5.82 Å². The van der Waals surface area contributed by atoms with Crippen molar-refractivity contribution in [2.24, 2.45) is 0 Å². The van der Waals surface area contributed by atoms with Gasteiger partial charge in [0.1, 0.15) is 17.2 Å². The summed E-state index contributed by atoms with van der Waals surface area (Å²) in [6.07, 6.45) is 2.01. The summed E-state index contributed by atoms with van der Waals surface area (Å²) < 4.78 is 18.3. The molecule has 0 aliphatic rings. The standard InChI is InChI=1S/C10H9FOS/c1-13-6-9-5-7-4-8(11)2-3-10(7)12-9/h2-5H,6H2,1H3. The molecule has 1 aromatic heterocycles. The molecule has 0 saturated heterocycles. The summed E-state index contributed by atoms with van der Waals surface area (Å²) >= 11 is 1.69. The molecule has 0 amide bonds. The van der Waals surface area contributed by atoms with Gasteiger partial charge in [-0.15, -0.1) is 0 Å². The molecule has 1 heterocycles. The van der Waals surface area contributed by atoms with Crippen LogP contribution in [0.1, 0.15) is 5.76 Å². The van der Waals surface area contributed by atoms with E-state index in [1.165, 1.54) is 12.1 Å².